The van der Waals surface area contributed by atoms with Gasteiger partial charge in [-0.3, -0.25) is 0 Å². The Morgan fingerprint density at radius 2 is 1.55 bits per heavy atom. The monoisotopic (exact) mass is 170 g/mol. The Labute approximate surface area is 72.8 Å². The number of rotatable bonds is 4. The van der Waals surface area contributed by atoms with Crippen LogP contribution in [0.3, 0.4) is 0 Å². The highest BCUT2D eigenvalue weighted by Crippen LogP contribution is 2.07. The van der Waals surface area contributed by atoms with Gasteiger partial charge in [0.25, 0.3) is 0 Å². The van der Waals surface area contributed by atoms with Gasteiger partial charge >= 0.3 is 0 Å². The van der Waals surface area contributed by atoms with Crippen LogP contribution in [0.15, 0.2) is 12.3 Å². The van der Waals surface area contributed by atoms with Gasteiger partial charge in [0.05, 0.1) is 0 Å². The molecular weight excluding hydrogens is 150 g/mol. The molecule has 0 aliphatic heterocycles. The second-order valence-electron chi connectivity index (χ2n) is 3.44. The number of hydrogen-bond donors (Lipinski definition) is 0. The Kier molecular flexibility index (Phi) is 4.69. The molecule has 0 saturated heterocycles. The zero-order chi connectivity index (χ0) is 9.02. The van der Waals surface area contributed by atoms with E-state index in [1.54, 1.807) is 0 Å². The molecule has 0 amide bonds. The summed E-state index contributed by atoms with van der Waals surface area (Å²) >= 11 is 0. The maximum atomic E-state index is 3.85. The van der Waals surface area contributed by atoms with Crippen LogP contribution in [0.5, 0.6) is 0 Å². The quantitative estimate of drug-likeness (QED) is 0.586. The predicted octanol–water partition coefficient (Wildman–Crippen LogP) is 2.45. The van der Waals surface area contributed by atoms with Crippen LogP contribution < -0.4 is 0 Å². The fourth-order valence-corrected chi connectivity index (χ4v) is 3.36. The van der Waals surface area contributed by atoms with E-state index in [1.807, 2.05) is 0 Å². The first kappa shape index (κ1) is 10.9. The van der Waals surface area contributed by atoms with Crippen molar-refractivity contribution in [1.29, 1.82) is 0 Å². The molecule has 0 aromatic rings. The van der Waals surface area contributed by atoms with Gasteiger partial charge in [-0.15, -0.1) is 6.58 Å². The van der Waals surface area contributed by atoms with Crippen molar-refractivity contribution in [2.45, 2.75) is 46.3 Å². The third kappa shape index (κ3) is 3.21. The van der Waals surface area contributed by atoms with E-state index in [1.165, 1.54) is 0 Å². The minimum atomic E-state index is -0.469. The van der Waals surface area contributed by atoms with E-state index in [0.29, 0.717) is 12.1 Å². The van der Waals surface area contributed by atoms with Crippen molar-refractivity contribution < 1.29 is 0 Å². The first-order valence-corrected chi connectivity index (χ1v) is 6.27. The molecule has 0 fully saturated rings. The van der Waals surface area contributed by atoms with Crippen LogP contribution in [0.25, 0.3) is 0 Å². The molecule has 0 atom stereocenters. The van der Waals surface area contributed by atoms with Crippen LogP contribution in [0.4, 0.5) is 0 Å². The summed E-state index contributed by atoms with van der Waals surface area (Å²) in [6, 6.07) is 1.29. The lowest BCUT2D eigenvalue weighted by molar-refractivity contribution is 0.307. The molecule has 1 nitrogen and oxygen atoms in total. The van der Waals surface area contributed by atoms with Gasteiger partial charge in [-0.1, -0.05) is 39.9 Å². The molecule has 0 rings (SSSR count). The van der Waals surface area contributed by atoms with E-state index in [4.69, 9.17) is 0 Å². The minimum Gasteiger partial charge on any atom is -0.317 e. The highest BCUT2D eigenvalue weighted by atomic mass is 28.3. The smallest absolute Gasteiger partial charge is 0.161 e. The normalized spacial score (nSPS) is 12.1. The Morgan fingerprint density at radius 1 is 1.18 bits per heavy atom. The van der Waals surface area contributed by atoms with Crippen molar-refractivity contribution in [3.63, 3.8) is 0 Å². The molecule has 1 radical (unpaired) electrons. The van der Waals surface area contributed by atoms with Gasteiger partial charge < -0.3 is 4.57 Å². The van der Waals surface area contributed by atoms with E-state index >= 15 is 0 Å². The lowest BCUT2D eigenvalue weighted by Gasteiger charge is -2.33. The summed E-state index contributed by atoms with van der Waals surface area (Å²) in [5, 5.41) is 0. The zero-order valence-corrected chi connectivity index (χ0v) is 9.39. The summed E-state index contributed by atoms with van der Waals surface area (Å²) in [6.07, 6.45) is 0. The predicted molar refractivity (Wildman–Crippen MR) is 53.9 cm³/mol. The summed E-state index contributed by atoms with van der Waals surface area (Å²) in [6.45, 7) is 15.1. The molecule has 65 valence electrons. The van der Waals surface area contributed by atoms with Gasteiger partial charge in [-0.2, -0.15) is 0 Å². The van der Waals surface area contributed by atoms with Crippen molar-refractivity contribution in [2.24, 2.45) is 0 Å². The molecule has 0 spiro atoms. The molecule has 0 aromatic carbocycles. The molecule has 0 saturated carbocycles. The highest BCUT2D eigenvalue weighted by molar-refractivity contribution is 6.59. The van der Waals surface area contributed by atoms with Gasteiger partial charge in [0.1, 0.15) is 0 Å². The molecular formula is C9H20NSi. The molecule has 0 heterocycles. The highest BCUT2D eigenvalue weighted by Gasteiger charge is 2.18. The van der Waals surface area contributed by atoms with Crippen molar-refractivity contribution in [3.05, 3.63) is 12.3 Å². The van der Waals surface area contributed by atoms with Crippen LogP contribution in [0.1, 0.15) is 27.7 Å². The van der Waals surface area contributed by atoms with Crippen LogP contribution in [0.2, 0.25) is 6.55 Å². The largest absolute Gasteiger partial charge is 0.317 e. The fourth-order valence-electron chi connectivity index (χ4n) is 1.52. The molecule has 0 aliphatic carbocycles. The third-order valence-electron chi connectivity index (χ3n) is 1.82. The Morgan fingerprint density at radius 3 is 1.64 bits per heavy atom. The van der Waals surface area contributed by atoms with Gasteiger partial charge in [0, 0.05) is 0 Å². The molecule has 0 aliphatic rings. The lowest BCUT2D eigenvalue weighted by Crippen LogP contribution is -2.45. The van der Waals surface area contributed by atoms with Crippen molar-refractivity contribution in [2.75, 3.05) is 0 Å². The summed E-state index contributed by atoms with van der Waals surface area (Å²) in [5.74, 6) is 0. The van der Waals surface area contributed by atoms with Crippen LogP contribution in [-0.4, -0.2) is 25.6 Å². The summed E-state index contributed by atoms with van der Waals surface area (Å²) in [5.41, 5.74) is 2.10. The summed E-state index contributed by atoms with van der Waals surface area (Å²) < 4.78 is 2.54. The van der Waals surface area contributed by atoms with Crippen LogP contribution in [-0.2, 0) is 0 Å². The van der Waals surface area contributed by atoms with E-state index in [2.05, 4.69) is 51.1 Å². The second-order valence-corrected chi connectivity index (χ2v) is 5.65. The molecule has 2 heteroatoms. The average molecular weight is 170 g/mol. The van der Waals surface area contributed by atoms with Crippen LogP contribution >= 0.6 is 0 Å². The Bertz CT molecular complexity index is 113. The van der Waals surface area contributed by atoms with Gasteiger partial charge in [0.15, 0.2) is 8.96 Å². The standard InChI is InChI=1S/C9H20NSi/c1-7-11(6)10(8(2)3)9(4)5/h7-9H,1H2,2-6H3. The molecule has 0 bridgehead atoms. The van der Waals surface area contributed by atoms with Gasteiger partial charge in [-0.05, 0) is 12.1 Å². The SMILES string of the molecule is C=C[Si](C)N(C(C)C)C(C)C. The molecule has 0 N–H and O–H groups in total. The van der Waals surface area contributed by atoms with Crippen LogP contribution in [0, 0.1) is 0 Å². The zero-order valence-electron chi connectivity index (χ0n) is 8.39. The molecule has 11 heavy (non-hydrogen) atoms. The molecule has 0 aromatic heterocycles. The first-order valence-electron chi connectivity index (χ1n) is 4.25. The maximum absolute atomic E-state index is 3.85. The number of hydrogen-bond acceptors (Lipinski definition) is 1. The second kappa shape index (κ2) is 4.73. The van der Waals surface area contributed by atoms with Crippen molar-refractivity contribution >= 4 is 8.96 Å². The maximum Gasteiger partial charge on any atom is 0.161 e. The van der Waals surface area contributed by atoms with E-state index in [-0.39, 0.29) is 0 Å². The first-order chi connectivity index (χ1) is 5.00. The van der Waals surface area contributed by atoms with E-state index < -0.39 is 8.96 Å². The van der Waals surface area contributed by atoms with Gasteiger partial charge in [-0.25, -0.2) is 0 Å². The average Bonchev–Trinajstić information content (AvgIpc) is 1.85. The molecule has 0 unspecified atom stereocenters. The minimum absolute atomic E-state index is 0.469. The Hall–Kier alpha value is -0.0831. The third-order valence-corrected chi connectivity index (χ3v) is 4.25. The van der Waals surface area contributed by atoms with Gasteiger partial charge in [0.2, 0.25) is 0 Å². The topological polar surface area (TPSA) is 3.24 Å². The fraction of sp³-hybridized carbons (Fsp3) is 0.778. The van der Waals surface area contributed by atoms with E-state index in [9.17, 15) is 0 Å². The summed E-state index contributed by atoms with van der Waals surface area (Å²) in [7, 11) is -0.469. The Balaban J connectivity index is 4.20. The van der Waals surface area contributed by atoms with E-state index in [0.717, 1.165) is 0 Å². The number of nitrogens with zero attached hydrogens (tertiary/aromatic N) is 1. The van der Waals surface area contributed by atoms with Crippen molar-refractivity contribution in [1.82, 2.24) is 4.57 Å². The lowest BCUT2D eigenvalue weighted by atomic mass is 10.3. The summed E-state index contributed by atoms with van der Waals surface area (Å²) in [4.78, 5) is 0. The van der Waals surface area contributed by atoms with Crippen molar-refractivity contribution in [3.8, 4) is 0 Å².